The third kappa shape index (κ3) is 4.51. The molecule has 10 aromatic rings. The lowest BCUT2D eigenvalue weighted by Crippen LogP contribution is -1.99. The quantitative estimate of drug-likeness (QED) is 0.168. The number of para-hydroxylation sites is 2. The second-order valence-electron chi connectivity index (χ2n) is 12.7. The maximum atomic E-state index is 8.54. The molecule has 0 aliphatic carbocycles. The van der Waals surface area contributed by atoms with E-state index in [1.165, 1.54) is 58.4 Å². The molecular weight excluding hydrogens is 625 g/mol. The molecule has 0 fully saturated rings. The van der Waals surface area contributed by atoms with E-state index in [1.54, 1.807) is 10.6 Å². The number of aryl methyl sites for hydroxylation is 1. The van der Waals surface area contributed by atoms with E-state index in [0.717, 1.165) is 16.7 Å². The molecular formula is C47H32N2S. The van der Waals surface area contributed by atoms with Gasteiger partial charge in [-0.15, -0.1) is 11.3 Å². The molecule has 0 aliphatic rings. The summed E-state index contributed by atoms with van der Waals surface area (Å²) in [5.74, 6) is -0.142. The van der Waals surface area contributed by atoms with E-state index in [2.05, 4.69) is 120 Å². The SMILES string of the molecule is [2H]C([2H])([2H])C([2H])([2H])c1nc2ccccc2n1-c1ccc(-c2ccc(-c3c4ccccc4c(-c4ccc5sc6ccccc6c5c4)c4ccccc34)cc2)cc1. The number of nitrogens with zero attached hydrogens (tertiary/aromatic N) is 2. The molecule has 0 spiro atoms. The van der Waals surface area contributed by atoms with Crippen molar-refractivity contribution in [2.75, 3.05) is 0 Å². The first-order chi connectivity index (χ1) is 26.7. The summed E-state index contributed by atoms with van der Waals surface area (Å²) >= 11 is 1.84. The maximum Gasteiger partial charge on any atom is 0.114 e. The summed E-state index contributed by atoms with van der Waals surface area (Å²) in [6, 6.07) is 56.7. The smallest absolute Gasteiger partial charge is 0.114 e. The molecule has 236 valence electrons. The molecule has 0 aliphatic heterocycles. The summed E-state index contributed by atoms with van der Waals surface area (Å²) in [5.41, 5.74) is 8.61. The lowest BCUT2D eigenvalue weighted by atomic mass is 9.85. The van der Waals surface area contributed by atoms with E-state index in [0.29, 0.717) is 16.7 Å². The summed E-state index contributed by atoms with van der Waals surface area (Å²) in [5, 5.41) is 7.40. The van der Waals surface area contributed by atoms with E-state index >= 15 is 0 Å². The van der Waals surface area contributed by atoms with Gasteiger partial charge in [0.25, 0.3) is 0 Å². The van der Waals surface area contributed by atoms with Crippen LogP contribution < -0.4 is 0 Å². The van der Waals surface area contributed by atoms with Crippen molar-refractivity contribution < 1.29 is 6.85 Å². The Morgan fingerprint density at radius 2 is 1.04 bits per heavy atom. The van der Waals surface area contributed by atoms with Crippen molar-refractivity contribution in [1.82, 2.24) is 9.55 Å². The Balaban J connectivity index is 1.06. The molecule has 2 nitrogen and oxygen atoms in total. The van der Waals surface area contributed by atoms with Gasteiger partial charge in [-0.2, -0.15) is 0 Å². The Hall–Kier alpha value is -6.03. The number of hydrogen-bond acceptors (Lipinski definition) is 2. The average Bonchev–Trinajstić information content (AvgIpc) is 3.79. The molecule has 2 aromatic heterocycles. The molecule has 0 amide bonds. The fraction of sp³-hybridized carbons (Fsp3) is 0.0426. The predicted molar refractivity (Wildman–Crippen MR) is 215 cm³/mol. The van der Waals surface area contributed by atoms with E-state index in [-0.39, 0.29) is 5.82 Å². The van der Waals surface area contributed by atoms with Gasteiger partial charge in [-0.1, -0.05) is 128 Å². The minimum atomic E-state index is -2.89. The second-order valence-corrected chi connectivity index (χ2v) is 13.7. The summed E-state index contributed by atoms with van der Waals surface area (Å²) < 4.78 is 45.0. The third-order valence-corrected chi connectivity index (χ3v) is 11.1. The molecule has 0 unspecified atom stereocenters. The summed E-state index contributed by atoms with van der Waals surface area (Å²) in [7, 11) is 0. The van der Waals surface area contributed by atoms with Gasteiger partial charge >= 0.3 is 0 Å². The molecule has 0 saturated heterocycles. The highest BCUT2D eigenvalue weighted by Gasteiger charge is 2.18. The van der Waals surface area contributed by atoms with Crippen molar-refractivity contribution in [1.29, 1.82) is 0 Å². The predicted octanol–water partition coefficient (Wildman–Crippen LogP) is 13.3. The van der Waals surface area contributed by atoms with Crippen LogP contribution in [0.5, 0.6) is 0 Å². The van der Waals surface area contributed by atoms with Crippen LogP contribution in [0.3, 0.4) is 0 Å². The topological polar surface area (TPSA) is 17.8 Å². The molecule has 0 saturated carbocycles. The second kappa shape index (κ2) is 11.5. The van der Waals surface area contributed by atoms with E-state index in [1.807, 2.05) is 53.8 Å². The normalized spacial score (nSPS) is 13.8. The number of benzene rings is 8. The van der Waals surface area contributed by atoms with Crippen LogP contribution in [0.4, 0.5) is 0 Å². The van der Waals surface area contributed by atoms with Crippen molar-refractivity contribution in [3.8, 4) is 39.1 Å². The first-order valence-electron chi connectivity index (χ1n) is 19.2. The number of hydrogen-bond donors (Lipinski definition) is 0. The monoisotopic (exact) mass is 661 g/mol. The minimum absolute atomic E-state index is 0.142. The molecule has 8 aromatic carbocycles. The van der Waals surface area contributed by atoms with Gasteiger partial charge in [0.15, 0.2) is 0 Å². The standard InChI is InChI=1S/C47H32N2S/c1-2-45-48-41-16-8-9-17-42(41)49(45)34-26-23-31(24-27-34)30-19-21-32(22-20-30)46-36-12-3-5-14-38(36)47(39-15-6-4-13-37(39)46)33-25-28-44-40(29-33)35-11-7-10-18-43(35)50-44/h3-29H,2H2,1H3/i1D3,2D2. The van der Waals surface area contributed by atoms with Crippen molar-refractivity contribution >= 4 is 64.1 Å². The van der Waals surface area contributed by atoms with Crippen molar-refractivity contribution in [3.63, 3.8) is 0 Å². The number of imidazole rings is 1. The fourth-order valence-corrected chi connectivity index (χ4v) is 8.72. The Morgan fingerprint density at radius 1 is 0.520 bits per heavy atom. The largest absolute Gasteiger partial charge is 0.296 e. The molecule has 3 heteroatoms. The summed E-state index contributed by atoms with van der Waals surface area (Å²) in [6.45, 7) is -2.89. The number of fused-ring (bicyclic) bond motifs is 6. The molecule has 50 heavy (non-hydrogen) atoms. The third-order valence-electron chi connectivity index (χ3n) is 9.90. The molecule has 0 atom stereocenters. The van der Waals surface area contributed by atoms with E-state index < -0.39 is 13.2 Å². The Bertz CT molecular complexity index is 3050. The van der Waals surface area contributed by atoms with Gasteiger partial charge in [-0.05, 0) is 97.4 Å². The lowest BCUT2D eigenvalue weighted by Gasteiger charge is -2.18. The van der Waals surface area contributed by atoms with Crippen LogP contribution in [0.2, 0.25) is 0 Å². The van der Waals surface area contributed by atoms with Crippen molar-refractivity contribution in [2.24, 2.45) is 0 Å². The van der Waals surface area contributed by atoms with Crippen LogP contribution >= 0.6 is 11.3 Å². The van der Waals surface area contributed by atoms with E-state index in [4.69, 9.17) is 6.85 Å². The zero-order valence-corrected chi connectivity index (χ0v) is 27.7. The van der Waals surface area contributed by atoms with Gasteiger partial charge < -0.3 is 0 Å². The van der Waals surface area contributed by atoms with E-state index in [9.17, 15) is 0 Å². The minimum Gasteiger partial charge on any atom is -0.296 e. The van der Waals surface area contributed by atoms with Crippen LogP contribution in [0.1, 0.15) is 19.5 Å². The van der Waals surface area contributed by atoms with Gasteiger partial charge in [0.05, 0.1) is 11.0 Å². The lowest BCUT2D eigenvalue weighted by molar-refractivity contribution is 0.908. The van der Waals surface area contributed by atoms with Gasteiger partial charge in [0.2, 0.25) is 0 Å². The van der Waals surface area contributed by atoms with Crippen LogP contribution in [-0.2, 0) is 6.37 Å². The fourth-order valence-electron chi connectivity index (χ4n) is 7.64. The zero-order chi connectivity index (χ0) is 37.5. The highest BCUT2D eigenvalue weighted by atomic mass is 32.1. The maximum absolute atomic E-state index is 8.54. The van der Waals surface area contributed by atoms with Gasteiger partial charge in [0.1, 0.15) is 5.82 Å². The van der Waals surface area contributed by atoms with Crippen LogP contribution in [0.25, 0.3) is 91.8 Å². The Morgan fingerprint density at radius 3 is 1.72 bits per heavy atom. The summed E-state index contributed by atoms with van der Waals surface area (Å²) in [4.78, 5) is 4.46. The Labute approximate surface area is 301 Å². The highest BCUT2D eigenvalue weighted by molar-refractivity contribution is 7.25. The molecule has 10 rings (SSSR count). The number of rotatable bonds is 5. The molecule has 0 radical (unpaired) electrons. The first kappa shape index (κ1) is 24.2. The Kier molecular flexibility index (Phi) is 5.58. The molecule has 0 N–H and O–H groups in total. The van der Waals surface area contributed by atoms with Crippen molar-refractivity contribution in [2.45, 2.75) is 13.2 Å². The van der Waals surface area contributed by atoms with Gasteiger partial charge in [-0.3, -0.25) is 4.57 Å². The molecule has 0 bridgehead atoms. The number of aromatic nitrogens is 2. The van der Waals surface area contributed by atoms with Gasteiger partial charge in [-0.25, -0.2) is 4.98 Å². The van der Waals surface area contributed by atoms with Crippen LogP contribution in [-0.4, -0.2) is 9.55 Å². The van der Waals surface area contributed by atoms with Crippen molar-refractivity contribution in [3.05, 3.63) is 170 Å². The molecule has 2 heterocycles. The van der Waals surface area contributed by atoms with Crippen LogP contribution in [0.15, 0.2) is 164 Å². The summed E-state index contributed by atoms with van der Waals surface area (Å²) in [6.07, 6.45) is -2.65. The van der Waals surface area contributed by atoms with Gasteiger partial charge in [0, 0.05) is 39.1 Å². The van der Waals surface area contributed by atoms with Crippen LogP contribution in [0, 0.1) is 0 Å². The highest BCUT2D eigenvalue weighted by Crippen LogP contribution is 2.45. The number of thiophene rings is 1. The first-order valence-corrected chi connectivity index (χ1v) is 17.5. The zero-order valence-electron chi connectivity index (χ0n) is 31.9. The average molecular weight is 662 g/mol.